The number of nitrogens with two attached hydrogens (primary N) is 1. The van der Waals surface area contributed by atoms with Gasteiger partial charge in [0.25, 0.3) is 0 Å². The molecule has 0 heterocycles. The molecule has 2 aromatic carbocycles. The highest BCUT2D eigenvalue weighted by Gasteiger charge is 2.32. The molecule has 2 aromatic rings. The van der Waals surface area contributed by atoms with Crippen molar-refractivity contribution in [3.8, 4) is 22.6 Å². The zero-order valence-corrected chi connectivity index (χ0v) is 13.2. The second-order valence-corrected chi connectivity index (χ2v) is 5.31. The van der Waals surface area contributed by atoms with E-state index in [-0.39, 0.29) is 18.9 Å². The molecule has 0 bridgehead atoms. The Morgan fingerprint density at radius 1 is 1.00 bits per heavy atom. The van der Waals surface area contributed by atoms with Crippen LogP contribution >= 0.6 is 23.2 Å². The van der Waals surface area contributed by atoms with Gasteiger partial charge in [-0.15, -0.1) is 13.2 Å². The summed E-state index contributed by atoms with van der Waals surface area (Å²) < 4.78 is 46.9. The van der Waals surface area contributed by atoms with Gasteiger partial charge in [-0.05, 0) is 29.8 Å². The largest absolute Gasteiger partial charge is 0.573 e. The Bertz CT molecular complexity index is 693. The zero-order valence-electron chi connectivity index (χ0n) is 11.7. The van der Waals surface area contributed by atoms with Crippen molar-refractivity contribution in [1.82, 2.24) is 0 Å². The summed E-state index contributed by atoms with van der Waals surface area (Å²) in [5.41, 5.74) is 6.25. The van der Waals surface area contributed by atoms with E-state index in [1.54, 1.807) is 18.2 Å². The van der Waals surface area contributed by atoms with E-state index in [1.807, 2.05) is 0 Å². The van der Waals surface area contributed by atoms with Crippen molar-refractivity contribution in [2.45, 2.75) is 6.36 Å². The lowest BCUT2D eigenvalue weighted by Gasteiger charge is -2.15. The van der Waals surface area contributed by atoms with E-state index in [4.69, 9.17) is 33.7 Å². The molecule has 8 heteroatoms. The molecule has 23 heavy (non-hydrogen) atoms. The zero-order chi connectivity index (χ0) is 17.0. The van der Waals surface area contributed by atoms with E-state index >= 15 is 0 Å². The maximum atomic E-state index is 12.6. The summed E-state index contributed by atoms with van der Waals surface area (Å²) in [7, 11) is 0. The quantitative estimate of drug-likeness (QED) is 0.819. The van der Waals surface area contributed by atoms with E-state index in [9.17, 15) is 13.2 Å². The second kappa shape index (κ2) is 7.29. The Kier molecular flexibility index (Phi) is 5.62. The maximum Gasteiger partial charge on any atom is 0.573 e. The Hall–Kier alpha value is -1.63. The van der Waals surface area contributed by atoms with Crippen LogP contribution in [0.4, 0.5) is 13.2 Å². The highest BCUT2D eigenvalue weighted by Crippen LogP contribution is 2.38. The molecule has 0 unspecified atom stereocenters. The first-order valence-electron chi connectivity index (χ1n) is 6.48. The van der Waals surface area contributed by atoms with Crippen LogP contribution in [0, 0.1) is 0 Å². The number of hydrogen-bond acceptors (Lipinski definition) is 3. The molecule has 2 rings (SSSR count). The van der Waals surface area contributed by atoms with E-state index in [1.165, 1.54) is 18.2 Å². The van der Waals surface area contributed by atoms with Crippen molar-refractivity contribution < 1.29 is 22.6 Å². The van der Waals surface area contributed by atoms with Gasteiger partial charge < -0.3 is 15.2 Å². The number of alkyl halides is 3. The van der Waals surface area contributed by atoms with Crippen molar-refractivity contribution in [3.05, 3.63) is 46.4 Å². The van der Waals surface area contributed by atoms with Gasteiger partial charge >= 0.3 is 6.36 Å². The van der Waals surface area contributed by atoms with Crippen LogP contribution in [-0.4, -0.2) is 19.5 Å². The summed E-state index contributed by atoms with van der Waals surface area (Å²) in [4.78, 5) is 0. The first kappa shape index (κ1) is 17.7. The molecule has 0 fully saturated rings. The van der Waals surface area contributed by atoms with Crippen LogP contribution in [0.1, 0.15) is 0 Å². The standard InChI is InChI=1S/C15H12Cl2F3NO2/c16-10-2-3-11(12(17)8-10)9-1-4-13(22-6-5-21)14(7-9)23-15(18,19)20/h1-4,7-8H,5-6,21H2. The molecular formula is C15H12Cl2F3NO2. The molecule has 0 aromatic heterocycles. The van der Waals surface area contributed by atoms with Crippen LogP contribution in [0.5, 0.6) is 11.5 Å². The molecular weight excluding hydrogens is 354 g/mol. The van der Waals surface area contributed by atoms with Gasteiger partial charge in [0, 0.05) is 22.2 Å². The third-order valence-electron chi connectivity index (χ3n) is 2.79. The van der Waals surface area contributed by atoms with Gasteiger partial charge in [-0.1, -0.05) is 35.3 Å². The van der Waals surface area contributed by atoms with Crippen LogP contribution < -0.4 is 15.2 Å². The van der Waals surface area contributed by atoms with E-state index in [0.717, 1.165) is 0 Å². The molecule has 0 saturated heterocycles. The Morgan fingerprint density at radius 3 is 2.35 bits per heavy atom. The highest BCUT2D eigenvalue weighted by molar-refractivity contribution is 6.36. The van der Waals surface area contributed by atoms with Gasteiger partial charge in [0.1, 0.15) is 6.61 Å². The Morgan fingerprint density at radius 2 is 1.74 bits per heavy atom. The lowest BCUT2D eigenvalue weighted by atomic mass is 10.1. The minimum Gasteiger partial charge on any atom is -0.488 e. The molecule has 0 saturated carbocycles. The van der Waals surface area contributed by atoms with Gasteiger partial charge in [0.2, 0.25) is 0 Å². The molecule has 0 atom stereocenters. The van der Waals surface area contributed by atoms with Gasteiger partial charge in [-0.25, -0.2) is 0 Å². The number of ether oxygens (including phenoxy) is 2. The van der Waals surface area contributed by atoms with Crippen LogP contribution in [0.3, 0.4) is 0 Å². The number of rotatable bonds is 5. The predicted octanol–water partition coefficient (Wildman–Crippen LogP) is 4.90. The first-order chi connectivity index (χ1) is 10.8. The van der Waals surface area contributed by atoms with Crippen LogP contribution in [0.25, 0.3) is 11.1 Å². The molecule has 0 amide bonds. The monoisotopic (exact) mass is 365 g/mol. The minimum absolute atomic E-state index is 0.0541. The fraction of sp³-hybridized carbons (Fsp3) is 0.200. The van der Waals surface area contributed by atoms with Gasteiger partial charge in [-0.2, -0.15) is 0 Å². The second-order valence-electron chi connectivity index (χ2n) is 4.47. The fourth-order valence-electron chi connectivity index (χ4n) is 1.89. The Balaban J connectivity index is 2.44. The smallest absolute Gasteiger partial charge is 0.488 e. The number of hydrogen-bond donors (Lipinski definition) is 1. The third kappa shape index (κ3) is 4.92. The molecule has 0 aliphatic heterocycles. The van der Waals surface area contributed by atoms with Crippen LogP contribution in [-0.2, 0) is 0 Å². The maximum absolute atomic E-state index is 12.6. The summed E-state index contributed by atoms with van der Waals surface area (Å²) in [6.07, 6.45) is -4.84. The van der Waals surface area contributed by atoms with Gasteiger partial charge in [0.05, 0.1) is 0 Å². The normalized spacial score (nSPS) is 11.4. The topological polar surface area (TPSA) is 44.5 Å². The summed E-state index contributed by atoms with van der Waals surface area (Å²) in [6.45, 7) is 0.228. The lowest BCUT2D eigenvalue weighted by Crippen LogP contribution is -2.18. The molecule has 0 spiro atoms. The van der Waals surface area contributed by atoms with Crippen molar-refractivity contribution >= 4 is 23.2 Å². The first-order valence-corrected chi connectivity index (χ1v) is 7.24. The van der Waals surface area contributed by atoms with Crippen molar-refractivity contribution in [2.75, 3.05) is 13.2 Å². The van der Waals surface area contributed by atoms with E-state index in [2.05, 4.69) is 4.74 Å². The summed E-state index contributed by atoms with van der Waals surface area (Å²) >= 11 is 11.9. The average molecular weight is 366 g/mol. The summed E-state index contributed by atoms with van der Waals surface area (Å²) in [6, 6.07) is 8.85. The lowest BCUT2D eigenvalue weighted by molar-refractivity contribution is -0.275. The van der Waals surface area contributed by atoms with Crippen LogP contribution in [0.15, 0.2) is 36.4 Å². The molecule has 124 valence electrons. The van der Waals surface area contributed by atoms with E-state index < -0.39 is 12.1 Å². The van der Waals surface area contributed by atoms with Crippen molar-refractivity contribution in [3.63, 3.8) is 0 Å². The molecule has 3 nitrogen and oxygen atoms in total. The van der Waals surface area contributed by atoms with Gasteiger partial charge in [-0.3, -0.25) is 0 Å². The third-order valence-corrected chi connectivity index (χ3v) is 3.33. The number of benzene rings is 2. The number of halogens is 5. The molecule has 2 N–H and O–H groups in total. The average Bonchev–Trinajstić information content (AvgIpc) is 2.44. The van der Waals surface area contributed by atoms with Crippen molar-refractivity contribution in [2.24, 2.45) is 5.73 Å². The minimum atomic E-state index is -4.84. The summed E-state index contributed by atoms with van der Waals surface area (Å²) in [5.74, 6) is -0.518. The predicted molar refractivity (Wildman–Crippen MR) is 83.1 cm³/mol. The Labute approximate surface area is 140 Å². The molecule has 0 aliphatic rings. The highest BCUT2D eigenvalue weighted by atomic mass is 35.5. The molecule has 0 radical (unpaired) electrons. The van der Waals surface area contributed by atoms with Crippen molar-refractivity contribution in [1.29, 1.82) is 0 Å². The fourth-order valence-corrected chi connectivity index (χ4v) is 2.41. The van der Waals surface area contributed by atoms with Gasteiger partial charge in [0.15, 0.2) is 11.5 Å². The van der Waals surface area contributed by atoms with Crippen LogP contribution in [0.2, 0.25) is 10.0 Å². The summed E-state index contributed by atoms with van der Waals surface area (Å²) in [5, 5.41) is 0.736. The SMILES string of the molecule is NCCOc1ccc(-c2ccc(Cl)cc2Cl)cc1OC(F)(F)F. The van der Waals surface area contributed by atoms with E-state index in [0.29, 0.717) is 21.2 Å². The molecule has 0 aliphatic carbocycles.